The van der Waals surface area contributed by atoms with Crippen LogP contribution in [0.3, 0.4) is 0 Å². The minimum Gasteiger partial charge on any atom is -0.338 e. The van der Waals surface area contributed by atoms with E-state index >= 15 is 0 Å². The number of rotatable bonds is 3. The molecule has 1 saturated heterocycles. The summed E-state index contributed by atoms with van der Waals surface area (Å²) >= 11 is 0. The minimum atomic E-state index is -0.186. The summed E-state index contributed by atoms with van der Waals surface area (Å²) in [5, 5.41) is 0. The highest BCUT2D eigenvalue weighted by molar-refractivity contribution is 5.84. The Morgan fingerprint density at radius 1 is 1.24 bits per heavy atom. The van der Waals surface area contributed by atoms with Gasteiger partial charge in [0.15, 0.2) is 0 Å². The van der Waals surface area contributed by atoms with Gasteiger partial charge < -0.3 is 4.90 Å². The number of hydrogen-bond acceptors (Lipinski definition) is 2. The van der Waals surface area contributed by atoms with Gasteiger partial charge in [-0.25, -0.2) is 0 Å². The summed E-state index contributed by atoms with van der Waals surface area (Å²) in [5.41, 5.74) is 1.21. The van der Waals surface area contributed by atoms with Crippen LogP contribution in [0, 0.1) is 5.41 Å². The standard InChI is InChI=1S/C18H28N2O/c1-18(2,3)15-12-9-13-20(15)17(21)16(19(4)5)14-10-7-6-8-11-14/h6-8,10-11,15-16H,9,12-13H2,1-5H3/t15-,16?/m1/s1. The van der Waals surface area contributed by atoms with Crippen LogP contribution in [0.15, 0.2) is 30.3 Å². The maximum atomic E-state index is 13.1. The number of benzene rings is 1. The van der Waals surface area contributed by atoms with Crippen LogP contribution in [0.2, 0.25) is 0 Å². The van der Waals surface area contributed by atoms with Crippen LogP contribution in [0.25, 0.3) is 0 Å². The zero-order chi connectivity index (χ0) is 15.6. The van der Waals surface area contributed by atoms with Crippen LogP contribution < -0.4 is 0 Å². The Labute approximate surface area is 128 Å². The molecule has 1 aliphatic heterocycles. The van der Waals surface area contributed by atoms with Crippen molar-refractivity contribution in [2.75, 3.05) is 20.6 Å². The first-order chi connectivity index (χ1) is 9.82. The van der Waals surface area contributed by atoms with Gasteiger partial charge in [-0.15, -0.1) is 0 Å². The summed E-state index contributed by atoms with van der Waals surface area (Å²) < 4.78 is 0. The summed E-state index contributed by atoms with van der Waals surface area (Å²) in [7, 11) is 3.97. The second-order valence-electron chi connectivity index (χ2n) is 7.33. The highest BCUT2D eigenvalue weighted by Crippen LogP contribution is 2.35. The number of carbonyl (C=O) groups excluding carboxylic acids is 1. The Morgan fingerprint density at radius 2 is 1.86 bits per heavy atom. The number of nitrogens with zero attached hydrogens (tertiary/aromatic N) is 2. The SMILES string of the molecule is CN(C)C(C(=O)N1CCC[C@@H]1C(C)(C)C)c1ccccc1. The molecule has 21 heavy (non-hydrogen) atoms. The molecule has 116 valence electrons. The Balaban J connectivity index is 2.27. The molecule has 0 saturated carbocycles. The predicted octanol–water partition coefficient (Wildman–Crippen LogP) is 3.33. The maximum absolute atomic E-state index is 13.1. The third-order valence-corrected chi connectivity index (χ3v) is 4.40. The van der Waals surface area contributed by atoms with Crippen molar-refractivity contribution in [1.29, 1.82) is 0 Å². The Morgan fingerprint density at radius 3 is 2.38 bits per heavy atom. The monoisotopic (exact) mass is 288 g/mol. The fraction of sp³-hybridized carbons (Fsp3) is 0.611. The Kier molecular flexibility index (Phi) is 4.72. The summed E-state index contributed by atoms with van der Waals surface area (Å²) in [6, 6.07) is 10.3. The molecule has 0 N–H and O–H groups in total. The van der Waals surface area contributed by atoms with E-state index in [0.29, 0.717) is 6.04 Å². The molecule has 0 spiro atoms. The summed E-state index contributed by atoms with van der Waals surface area (Å²) in [5.74, 6) is 0.239. The third-order valence-electron chi connectivity index (χ3n) is 4.40. The highest BCUT2D eigenvalue weighted by Gasteiger charge is 2.40. The second kappa shape index (κ2) is 6.18. The van der Waals surface area contributed by atoms with E-state index in [1.54, 1.807) is 0 Å². The topological polar surface area (TPSA) is 23.6 Å². The summed E-state index contributed by atoms with van der Waals surface area (Å²) in [6.45, 7) is 7.58. The number of carbonyl (C=O) groups is 1. The zero-order valence-electron chi connectivity index (χ0n) is 14.0. The van der Waals surface area contributed by atoms with Gasteiger partial charge in [0, 0.05) is 12.6 Å². The van der Waals surface area contributed by atoms with Crippen molar-refractivity contribution in [3.8, 4) is 0 Å². The third kappa shape index (κ3) is 3.46. The average molecular weight is 288 g/mol. The molecule has 1 aliphatic rings. The molecule has 2 atom stereocenters. The van der Waals surface area contributed by atoms with Crippen molar-refractivity contribution in [3.05, 3.63) is 35.9 Å². The van der Waals surface area contributed by atoms with E-state index in [1.807, 2.05) is 49.3 Å². The zero-order valence-corrected chi connectivity index (χ0v) is 14.0. The molecule has 1 unspecified atom stereocenters. The van der Waals surface area contributed by atoms with E-state index in [4.69, 9.17) is 0 Å². The first-order valence-electron chi connectivity index (χ1n) is 7.84. The van der Waals surface area contributed by atoms with Crippen molar-refractivity contribution >= 4 is 5.91 Å². The largest absolute Gasteiger partial charge is 0.338 e. The van der Waals surface area contributed by atoms with Crippen LogP contribution in [0.4, 0.5) is 0 Å². The van der Waals surface area contributed by atoms with Gasteiger partial charge in [-0.2, -0.15) is 0 Å². The first-order valence-corrected chi connectivity index (χ1v) is 7.84. The highest BCUT2D eigenvalue weighted by atomic mass is 16.2. The van der Waals surface area contributed by atoms with Crippen molar-refractivity contribution in [2.24, 2.45) is 5.41 Å². The molecular weight excluding hydrogens is 260 g/mol. The van der Waals surface area contributed by atoms with Gasteiger partial charge in [0.05, 0.1) is 0 Å². The van der Waals surface area contributed by atoms with Crippen LogP contribution in [-0.4, -0.2) is 42.4 Å². The normalized spacial score (nSPS) is 20.9. The molecule has 1 aromatic carbocycles. The Hall–Kier alpha value is -1.35. The van der Waals surface area contributed by atoms with Gasteiger partial charge in [-0.1, -0.05) is 51.1 Å². The lowest BCUT2D eigenvalue weighted by molar-refractivity contribution is -0.139. The van der Waals surface area contributed by atoms with Crippen molar-refractivity contribution in [3.63, 3.8) is 0 Å². The lowest BCUT2D eigenvalue weighted by atomic mass is 9.85. The average Bonchev–Trinajstić information content (AvgIpc) is 2.88. The van der Waals surface area contributed by atoms with E-state index in [1.165, 1.54) is 0 Å². The van der Waals surface area contributed by atoms with E-state index < -0.39 is 0 Å². The van der Waals surface area contributed by atoms with Crippen LogP contribution in [0.1, 0.15) is 45.2 Å². The number of hydrogen-bond donors (Lipinski definition) is 0. The van der Waals surface area contributed by atoms with Gasteiger partial charge in [-0.05, 0) is 37.9 Å². The molecule has 0 radical (unpaired) electrons. The van der Waals surface area contributed by atoms with Gasteiger partial charge in [0.1, 0.15) is 6.04 Å². The smallest absolute Gasteiger partial charge is 0.244 e. The fourth-order valence-electron chi connectivity index (χ4n) is 3.38. The predicted molar refractivity (Wildman–Crippen MR) is 87.1 cm³/mol. The van der Waals surface area contributed by atoms with E-state index in [9.17, 15) is 4.79 Å². The molecule has 1 aromatic rings. The molecule has 0 aromatic heterocycles. The summed E-state index contributed by atoms with van der Waals surface area (Å²) in [6.07, 6.45) is 2.23. The lowest BCUT2D eigenvalue weighted by Crippen LogP contribution is -2.47. The van der Waals surface area contributed by atoms with Gasteiger partial charge in [-0.3, -0.25) is 9.69 Å². The van der Waals surface area contributed by atoms with Gasteiger partial charge in [0.25, 0.3) is 0 Å². The molecule has 2 rings (SSSR count). The maximum Gasteiger partial charge on any atom is 0.244 e. The van der Waals surface area contributed by atoms with Crippen LogP contribution >= 0.6 is 0 Å². The van der Waals surface area contributed by atoms with E-state index in [2.05, 4.69) is 25.7 Å². The van der Waals surface area contributed by atoms with Crippen molar-refractivity contribution < 1.29 is 4.79 Å². The van der Waals surface area contributed by atoms with E-state index in [0.717, 1.165) is 24.9 Å². The molecule has 1 amide bonds. The van der Waals surface area contributed by atoms with Crippen molar-refractivity contribution in [2.45, 2.75) is 45.7 Å². The summed E-state index contributed by atoms with van der Waals surface area (Å²) in [4.78, 5) is 17.3. The lowest BCUT2D eigenvalue weighted by Gasteiger charge is -2.38. The van der Waals surface area contributed by atoms with Crippen molar-refractivity contribution in [1.82, 2.24) is 9.80 Å². The minimum absolute atomic E-state index is 0.139. The number of likely N-dealkylation sites (tertiary alicyclic amines) is 1. The van der Waals surface area contributed by atoms with Gasteiger partial charge >= 0.3 is 0 Å². The molecular formula is C18H28N2O. The number of amides is 1. The molecule has 1 fully saturated rings. The molecule has 3 nitrogen and oxygen atoms in total. The molecule has 0 aliphatic carbocycles. The number of likely N-dealkylation sites (N-methyl/N-ethyl adjacent to an activating group) is 1. The van der Waals surface area contributed by atoms with Crippen LogP contribution in [-0.2, 0) is 4.79 Å². The first kappa shape index (κ1) is 16.0. The second-order valence-corrected chi connectivity index (χ2v) is 7.33. The Bertz CT molecular complexity index is 476. The van der Waals surface area contributed by atoms with Crippen LogP contribution in [0.5, 0.6) is 0 Å². The molecule has 3 heteroatoms. The molecule has 1 heterocycles. The van der Waals surface area contributed by atoms with E-state index in [-0.39, 0.29) is 17.4 Å². The van der Waals surface area contributed by atoms with Gasteiger partial charge in [0.2, 0.25) is 5.91 Å². The fourth-order valence-corrected chi connectivity index (χ4v) is 3.38. The molecule has 0 bridgehead atoms. The quantitative estimate of drug-likeness (QED) is 0.852.